The lowest BCUT2D eigenvalue weighted by molar-refractivity contribution is 0.0734. The normalized spacial score (nSPS) is 10.9. The molecule has 4 nitrogen and oxygen atoms in total. The fraction of sp³-hybridized carbons (Fsp3) is 0.594. The van der Waals surface area contributed by atoms with Gasteiger partial charge in [0.15, 0.2) is 11.6 Å². The van der Waals surface area contributed by atoms with Crippen molar-refractivity contribution in [1.82, 2.24) is 0 Å². The Kier molecular flexibility index (Phi) is 16.2. The Hall–Kier alpha value is -2.56. The molecule has 206 valence electrons. The van der Waals surface area contributed by atoms with Gasteiger partial charge in [0.1, 0.15) is 11.5 Å². The highest BCUT2D eigenvalue weighted by Gasteiger charge is 2.12. The molecule has 0 radical (unpaired) electrons. The van der Waals surface area contributed by atoms with Crippen molar-refractivity contribution >= 4 is 5.97 Å². The zero-order valence-corrected chi connectivity index (χ0v) is 23.1. The van der Waals surface area contributed by atoms with Crippen LogP contribution in [0, 0.1) is 5.82 Å². The van der Waals surface area contributed by atoms with Crippen LogP contribution in [0.25, 0.3) is 0 Å². The van der Waals surface area contributed by atoms with Crippen LogP contribution >= 0.6 is 0 Å². The predicted octanol–water partition coefficient (Wildman–Crippen LogP) is 9.69. The highest BCUT2D eigenvalue weighted by Crippen LogP contribution is 2.24. The molecular formula is C32H47FO4. The standard InChI is InChI=1S/C32H47FO4/c1-3-5-7-9-10-11-12-13-15-16-24-35-28-20-18-27(19-21-28)32(34)37-29-22-23-31(30(33)26-29)36-25-17-14-8-6-4-2/h18-23,26H,3-17,24-25H2,1-2H3. The molecule has 0 N–H and O–H groups in total. The summed E-state index contributed by atoms with van der Waals surface area (Å²) in [6.07, 6.45) is 18.4. The number of esters is 1. The van der Waals surface area contributed by atoms with Crippen LogP contribution in [-0.4, -0.2) is 19.2 Å². The van der Waals surface area contributed by atoms with E-state index in [-0.39, 0.29) is 11.5 Å². The minimum Gasteiger partial charge on any atom is -0.494 e. The zero-order chi connectivity index (χ0) is 26.6. The van der Waals surface area contributed by atoms with E-state index in [1.165, 1.54) is 89.2 Å². The second-order valence-corrected chi connectivity index (χ2v) is 9.80. The molecule has 37 heavy (non-hydrogen) atoms. The van der Waals surface area contributed by atoms with Crippen LogP contribution in [0.15, 0.2) is 42.5 Å². The van der Waals surface area contributed by atoms with Crippen molar-refractivity contribution in [3.05, 3.63) is 53.8 Å². The average Bonchev–Trinajstić information content (AvgIpc) is 2.90. The molecule has 0 heterocycles. The fourth-order valence-corrected chi connectivity index (χ4v) is 4.18. The maximum absolute atomic E-state index is 14.3. The van der Waals surface area contributed by atoms with E-state index in [9.17, 15) is 9.18 Å². The first-order valence-electron chi connectivity index (χ1n) is 14.5. The molecule has 0 aliphatic heterocycles. The number of hydrogen-bond acceptors (Lipinski definition) is 4. The first-order chi connectivity index (χ1) is 18.1. The quantitative estimate of drug-likeness (QED) is 0.0945. The summed E-state index contributed by atoms with van der Waals surface area (Å²) in [5.41, 5.74) is 0.388. The minimum atomic E-state index is -0.537. The molecule has 0 aromatic heterocycles. The second-order valence-electron chi connectivity index (χ2n) is 9.80. The number of carbonyl (C=O) groups excluding carboxylic acids is 1. The second kappa shape index (κ2) is 19.5. The molecule has 0 fully saturated rings. The number of hydrogen-bond donors (Lipinski definition) is 0. The summed E-state index contributed by atoms with van der Waals surface area (Å²) in [5.74, 6) is -0.00665. The maximum atomic E-state index is 14.3. The van der Waals surface area contributed by atoms with Gasteiger partial charge in [0, 0.05) is 6.07 Å². The third-order valence-corrected chi connectivity index (χ3v) is 6.48. The van der Waals surface area contributed by atoms with E-state index in [1.54, 1.807) is 30.3 Å². The predicted molar refractivity (Wildman–Crippen MR) is 149 cm³/mol. The monoisotopic (exact) mass is 514 g/mol. The summed E-state index contributed by atoms with van der Waals surface area (Å²) in [7, 11) is 0. The number of rotatable bonds is 21. The maximum Gasteiger partial charge on any atom is 0.343 e. The zero-order valence-electron chi connectivity index (χ0n) is 23.1. The summed E-state index contributed by atoms with van der Waals surface area (Å²) in [4.78, 5) is 12.5. The Morgan fingerprint density at radius 2 is 1.11 bits per heavy atom. The van der Waals surface area contributed by atoms with E-state index in [0.29, 0.717) is 18.8 Å². The van der Waals surface area contributed by atoms with Crippen molar-refractivity contribution < 1.29 is 23.4 Å². The molecule has 0 saturated carbocycles. The topological polar surface area (TPSA) is 44.8 Å². The van der Waals surface area contributed by atoms with Crippen LogP contribution in [0.5, 0.6) is 17.2 Å². The van der Waals surface area contributed by atoms with E-state index in [0.717, 1.165) is 25.0 Å². The smallest absolute Gasteiger partial charge is 0.343 e. The molecule has 0 amide bonds. The lowest BCUT2D eigenvalue weighted by atomic mass is 10.1. The van der Waals surface area contributed by atoms with Gasteiger partial charge in [-0.1, -0.05) is 97.3 Å². The lowest BCUT2D eigenvalue weighted by Gasteiger charge is -2.10. The van der Waals surface area contributed by atoms with Crippen molar-refractivity contribution in [3.63, 3.8) is 0 Å². The number of halogens is 1. The molecule has 2 aromatic rings. The number of carbonyl (C=O) groups is 1. The minimum absolute atomic E-state index is 0.152. The summed E-state index contributed by atoms with van der Waals surface area (Å²) in [6.45, 7) is 5.58. The van der Waals surface area contributed by atoms with Crippen LogP contribution in [-0.2, 0) is 0 Å². The fourth-order valence-electron chi connectivity index (χ4n) is 4.18. The van der Waals surface area contributed by atoms with Gasteiger partial charge < -0.3 is 14.2 Å². The van der Waals surface area contributed by atoms with Gasteiger partial charge in [0.25, 0.3) is 0 Å². The Morgan fingerprint density at radius 1 is 0.622 bits per heavy atom. The van der Waals surface area contributed by atoms with Crippen LogP contribution in [0.2, 0.25) is 0 Å². The molecular weight excluding hydrogens is 467 g/mol. The summed E-state index contributed by atoms with van der Waals surface area (Å²) in [6, 6.07) is 11.1. The van der Waals surface area contributed by atoms with Crippen molar-refractivity contribution in [2.75, 3.05) is 13.2 Å². The van der Waals surface area contributed by atoms with Crippen molar-refractivity contribution in [1.29, 1.82) is 0 Å². The first kappa shape index (κ1) is 30.7. The molecule has 0 unspecified atom stereocenters. The van der Waals surface area contributed by atoms with Crippen LogP contribution < -0.4 is 14.2 Å². The Labute approximate surface area is 223 Å². The number of benzene rings is 2. The van der Waals surface area contributed by atoms with E-state index in [2.05, 4.69) is 13.8 Å². The molecule has 0 aliphatic carbocycles. The highest BCUT2D eigenvalue weighted by atomic mass is 19.1. The van der Waals surface area contributed by atoms with Crippen LogP contribution in [0.4, 0.5) is 4.39 Å². The molecule has 0 aliphatic rings. The third-order valence-electron chi connectivity index (χ3n) is 6.48. The number of unbranched alkanes of at least 4 members (excludes halogenated alkanes) is 13. The van der Waals surface area contributed by atoms with Gasteiger partial charge in [-0.05, 0) is 49.2 Å². The van der Waals surface area contributed by atoms with Crippen molar-refractivity contribution in [3.8, 4) is 17.2 Å². The van der Waals surface area contributed by atoms with Crippen molar-refractivity contribution in [2.24, 2.45) is 0 Å². The molecule has 0 saturated heterocycles. The van der Waals surface area contributed by atoms with Crippen LogP contribution in [0.1, 0.15) is 121 Å². The van der Waals surface area contributed by atoms with E-state index in [1.807, 2.05) is 0 Å². The van der Waals surface area contributed by atoms with Crippen LogP contribution in [0.3, 0.4) is 0 Å². The Morgan fingerprint density at radius 3 is 1.65 bits per heavy atom. The molecule has 0 bridgehead atoms. The van der Waals surface area contributed by atoms with Gasteiger partial charge in [-0.2, -0.15) is 0 Å². The van der Waals surface area contributed by atoms with Crippen molar-refractivity contribution in [2.45, 2.75) is 110 Å². The summed E-state index contributed by atoms with van der Waals surface area (Å²) >= 11 is 0. The lowest BCUT2D eigenvalue weighted by Crippen LogP contribution is -2.09. The Bertz CT molecular complexity index is 866. The molecule has 2 aromatic carbocycles. The SMILES string of the molecule is CCCCCCCCCCCCOc1ccc(C(=O)Oc2ccc(OCCCCCCC)c(F)c2)cc1. The Balaban J connectivity index is 1.63. The number of ether oxygens (including phenoxy) is 3. The third kappa shape index (κ3) is 13.5. The van der Waals surface area contributed by atoms with Gasteiger partial charge in [-0.25, -0.2) is 9.18 Å². The van der Waals surface area contributed by atoms with E-state index >= 15 is 0 Å². The first-order valence-corrected chi connectivity index (χ1v) is 14.5. The average molecular weight is 515 g/mol. The molecule has 0 spiro atoms. The van der Waals surface area contributed by atoms with E-state index < -0.39 is 11.8 Å². The molecule has 0 atom stereocenters. The summed E-state index contributed by atoms with van der Waals surface area (Å²) in [5, 5.41) is 0. The summed E-state index contributed by atoms with van der Waals surface area (Å²) < 4.78 is 31.0. The van der Waals surface area contributed by atoms with Gasteiger partial charge in [0.05, 0.1) is 18.8 Å². The largest absolute Gasteiger partial charge is 0.494 e. The highest BCUT2D eigenvalue weighted by molar-refractivity contribution is 5.91. The van der Waals surface area contributed by atoms with Gasteiger partial charge >= 0.3 is 5.97 Å². The molecule has 5 heteroatoms. The van der Waals surface area contributed by atoms with Gasteiger partial charge in [0.2, 0.25) is 0 Å². The molecule has 2 rings (SSSR count). The van der Waals surface area contributed by atoms with Gasteiger partial charge in [-0.3, -0.25) is 0 Å². The van der Waals surface area contributed by atoms with Gasteiger partial charge in [-0.15, -0.1) is 0 Å². The van der Waals surface area contributed by atoms with E-state index in [4.69, 9.17) is 14.2 Å².